The molecule has 1 aliphatic heterocycles. The topological polar surface area (TPSA) is 162 Å². The number of carbonyl (C=O) groups excluding carboxylic acids is 4. The van der Waals surface area contributed by atoms with Crippen LogP contribution in [0.4, 0.5) is 4.79 Å². The summed E-state index contributed by atoms with van der Waals surface area (Å²) in [5.74, 6) is -0.769. The largest absolute Gasteiger partial charge is 0.497 e. The van der Waals surface area contributed by atoms with Crippen LogP contribution in [0.5, 0.6) is 11.5 Å². The Morgan fingerprint density at radius 1 is 1.17 bits per heavy atom. The van der Waals surface area contributed by atoms with Crippen LogP contribution in [0.3, 0.4) is 0 Å². The molecule has 2 heterocycles. The van der Waals surface area contributed by atoms with Crippen LogP contribution in [0.15, 0.2) is 55.8 Å². The predicted octanol–water partition coefficient (Wildman–Crippen LogP) is 4.17. The maximum absolute atomic E-state index is 14.3. The molecule has 254 valence electrons. The van der Waals surface area contributed by atoms with Gasteiger partial charge in [0.15, 0.2) is 0 Å². The van der Waals surface area contributed by atoms with E-state index >= 15 is 0 Å². The molecule has 12 heteroatoms. The van der Waals surface area contributed by atoms with Gasteiger partial charge in [-0.3, -0.25) is 19.4 Å². The first-order valence-electron chi connectivity index (χ1n) is 16.1. The van der Waals surface area contributed by atoms with E-state index in [1.54, 1.807) is 58.4 Å². The minimum Gasteiger partial charge on any atom is -0.497 e. The summed E-state index contributed by atoms with van der Waals surface area (Å²) in [5.41, 5.74) is 4.32. The van der Waals surface area contributed by atoms with Crippen molar-refractivity contribution in [2.75, 3.05) is 13.7 Å². The van der Waals surface area contributed by atoms with Gasteiger partial charge in [0, 0.05) is 30.0 Å². The van der Waals surface area contributed by atoms with E-state index in [4.69, 9.17) is 19.9 Å². The third kappa shape index (κ3) is 8.60. The Morgan fingerprint density at radius 3 is 2.57 bits per heavy atom. The number of alkyl carbamates (subject to hydrolysis) is 1. The fourth-order valence-corrected chi connectivity index (χ4v) is 5.97. The van der Waals surface area contributed by atoms with E-state index in [-0.39, 0.29) is 18.9 Å². The zero-order valence-electron chi connectivity index (χ0n) is 27.8. The molecule has 1 aliphatic carbocycles. The molecule has 0 spiro atoms. The highest BCUT2D eigenvalue weighted by molar-refractivity contribution is 5.97. The quantitative estimate of drug-likeness (QED) is 0.191. The van der Waals surface area contributed by atoms with Crippen LogP contribution in [0.1, 0.15) is 65.7 Å². The van der Waals surface area contributed by atoms with Crippen LogP contribution in [0.2, 0.25) is 0 Å². The molecule has 1 saturated heterocycles. The van der Waals surface area contributed by atoms with Crippen molar-refractivity contribution in [2.45, 2.75) is 95.0 Å². The summed E-state index contributed by atoms with van der Waals surface area (Å²) < 4.78 is 17.2. The molecule has 2 aromatic rings. The Balaban J connectivity index is 1.61. The van der Waals surface area contributed by atoms with Crippen LogP contribution in [0.25, 0.3) is 10.9 Å². The number of hydrogen-bond donors (Lipinski definition) is 3. The molecule has 1 aromatic carbocycles. The van der Waals surface area contributed by atoms with Crippen LogP contribution < -0.4 is 25.8 Å². The zero-order valence-corrected chi connectivity index (χ0v) is 27.8. The highest BCUT2D eigenvalue weighted by atomic mass is 16.6. The zero-order chi connectivity index (χ0) is 34.4. The van der Waals surface area contributed by atoms with Crippen LogP contribution in [-0.2, 0) is 19.1 Å². The number of amides is 4. The Kier molecular flexibility index (Phi) is 11.2. The number of benzene rings is 1. The van der Waals surface area contributed by atoms with E-state index < -0.39 is 53.1 Å². The van der Waals surface area contributed by atoms with Crippen molar-refractivity contribution in [3.63, 3.8) is 0 Å². The van der Waals surface area contributed by atoms with Gasteiger partial charge in [-0.25, -0.2) is 4.79 Å². The molecule has 4 rings (SSSR count). The van der Waals surface area contributed by atoms with Crippen molar-refractivity contribution in [2.24, 2.45) is 11.7 Å². The first-order chi connectivity index (χ1) is 22.3. The number of primary amides is 1. The maximum atomic E-state index is 14.3. The third-order valence-electron chi connectivity index (χ3n) is 8.53. The predicted molar refractivity (Wildman–Crippen MR) is 178 cm³/mol. The summed E-state index contributed by atoms with van der Waals surface area (Å²) in [6, 6.07) is 5.21. The molecule has 2 aliphatic rings. The van der Waals surface area contributed by atoms with E-state index in [9.17, 15) is 19.2 Å². The molecule has 0 bridgehead atoms. The van der Waals surface area contributed by atoms with Crippen LogP contribution >= 0.6 is 0 Å². The van der Waals surface area contributed by atoms with Gasteiger partial charge in [0.2, 0.25) is 17.7 Å². The second-order valence-corrected chi connectivity index (χ2v) is 13.2. The maximum Gasteiger partial charge on any atom is 0.408 e. The van der Waals surface area contributed by atoms with Crippen molar-refractivity contribution in [1.29, 1.82) is 0 Å². The van der Waals surface area contributed by atoms with Crippen molar-refractivity contribution in [3.8, 4) is 11.5 Å². The van der Waals surface area contributed by atoms with Crippen LogP contribution in [-0.4, -0.2) is 76.7 Å². The number of hydrogen-bond acceptors (Lipinski definition) is 8. The standard InChI is InChI=1S/C35H47N5O7/c1-7-9-10-11-12-13-26(38-33(44)47-34(3,4)5)31(42)40-21-24(19-28(40)30(41)39-35(32(36)43)20-22(35)8-2)46-29-16-17-37-27-18-23(45-6)14-15-25(27)29/h7-8,14-18,22,24,26,28H,1-2,9-13,19-21H2,3-6H3,(H2,36,43)(H,38,44)(H,39,41)/t22-,24-,26+,28+,35-/m1/s1. The molecule has 1 aromatic heterocycles. The Hall–Kier alpha value is -4.61. The highest BCUT2D eigenvalue weighted by Gasteiger charge is 2.60. The minimum atomic E-state index is -1.26. The van der Waals surface area contributed by atoms with E-state index in [1.165, 1.54) is 4.90 Å². The van der Waals surface area contributed by atoms with Crippen molar-refractivity contribution in [1.82, 2.24) is 20.5 Å². The molecular weight excluding hydrogens is 602 g/mol. The summed E-state index contributed by atoms with van der Waals surface area (Å²) in [4.78, 5) is 59.3. The molecule has 1 saturated carbocycles. The van der Waals surface area contributed by atoms with Gasteiger partial charge in [0.25, 0.3) is 0 Å². The number of rotatable bonds is 15. The number of pyridine rings is 1. The number of allylic oxidation sites excluding steroid dienone is 1. The van der Waals surface area contributed by atoms with Gasteiger partial charge in [0.1, 0.15) is 40.8 Å². The Labute approximate surface area is 276 Å². The second-order valence-electron chi connectivity index (χ2n) is 13.2. The SMILES string of the molecule is C=CCCCCC[C@H](NC(=O)OC(C)(C)C)C(=O)N1C[C@H](Oc2ccnc3cc(OC)ccc23)C[C@H]1C(=O)N[C@]1(C(N)=O)C[C@H]1C=C. The molecule has 4 amide bonds. The monoisotopic (exact) mass is 649 g/mol. The number of nitrogens with zero attached hydrogens (tertiary/aromatic N) is 2. The van der Waals surface area contributed by atoms with E-state index in [0.29, 0.717) is 36.3 Å². The highest BCUT2D eigenvalue weighted by Crippen LogP contribution is 2.44. The lowest BCUT2D eigenvalue weighted by Crippen LogP contribution is -2.57. The molecule has 2 fully saturated rings. The molecular formula is C35H47N5O7. The van der Waals surface area contributed by atoms with Crippen molar-refractivity contribution < 1.29 is 33.4 Å². The first kappa shape index (κ1) is 35.2. The number of nitrogens with two attached hydrogens (primary N) is 1. The second kappa shape index (κ2) is 14.9. The van der Waals surface area contributed by atoms with Gasteiger partial charge in [0.05, 0.1) is 19.2 Å². The van der Waals surface area contributed by atoms with E-state index in [1.807, 2.05) is 12.1 Å². The fraction of sp³-hybridized carbons (Fsp3) is 0.514. The smallest absolute Gasteiger partial charge is 0.408 e. The van der Waals surface area contributed by atoms with Gasteiger partial charge >= 0.3 is 6.09 Å². The summed E-state index contributed by atoms with van der Waals surface area (Å²) in [6.07, 6.45) is 7.76. The van der Waals surface area contributed by atoms with Gasteiger partial charge in [-0.05, 0) is 64.7 Å². The van der Waals surface area contributed by atoms with Gasteiger partial charge in [-0.2, -0.15) is 0 Å². The number of carbonyl (C=O) groups is 4. The van der Waals surface area contributed by atoms with Crippen molar-refractivity contribution >= 4 is 34.7 Å². The molecule has 0 radical (unpaired) electrons. The lowest BCUT2D eigenvalue weighted by molar-refractivity contribution is -0.141. The fourth-order valence-electron chi connectivity index (χ4n) is 5.97. The molecule has 47 heavy (non-hydrogen) atoms. The summed E-state index contributed by atoms with van der Waals surface area (Å²) in [7, 11) is 1.57. The van der Waals surface area contributed by atoms with E-state index in [0.717, 1.165) is 24.6 Å². The minimum absolute atomic E-state index is 0.0638. The van der Waals surface area contributed by atoms with Gasteiger partial charge in [-0.1, -0.05) is 25.0 Å². The Morgan fingerprint density at radius 2 is 1.94 bits per heavy atom. The number of ether oxygens (including phenoxy) is 3. The number of fused-ring (bicyclic) bond motifs is 1. The Bertz CT molecular complexity index is 1500. The summed E-state index contributed by atoms with van der Waals surface area (Å²) in [5, 5.41) is 6.30. The lowest BCUT2D eigenvalue weighted by Gasteiger charge is -2.30. The average molecular weight is 650 g/mol. The molecule has 4 N–H and O–H groups in total. The molecule has 5 atom stereocenters. The number of nitrogens with one attached hydrogen (secondary N) is 2. The lowest BCUT2D eigenvalue weighted by atomic mass is 10.0. The molecule has 12 nitrogen and oxygen atoms in total. The number of likely N-dealkylation sites (tertiary alicyclic amines) is 1. The number of aromatic nitrogens is 1. The number of methoxy groups -OCH3 is 1. The third-order valence-corrected chi connectivity index (χ3v) is 8.53. The summed E-state index contributed by atoms with van der Waals surface area (Å²) >= 11 is 0. The average Bonchev–Trinajstić information content (AvgIpc) is 3.58. The van der Waals surface area contributed by atoms with Gasteiger partial charge in [-0.15, -0.1) is 13.2 Å². The van der Waals surface area contributed by atoms with Crippen LogP contribution in [0, 0.1) is 5.92 Å². The first-order valence-corrected chi connectivity index (χ1v) is 16.1. The summed E-state index contributed by atoms with van der Waals surface area (Å²) in [6.45, 7) is 12.8. The van der Waals surface area contributed by atoms with Crippen molar-refractivity contribution in [3.05, 3.63) is 55.8 Å². The van der Waals surface area contributed by atoms with E-state index in [2.05, 4.69) is 28.8 Å². The van der Waals surface area contributed by atoms with Gasteiger partial charge < -0.3 is 35.5 Å². The molecule has 0 unspecified atom stereocenters. The number of unbranched alkanes of at least 4 members (excludes halogenated alkanes) is 3. The normalized spacial score (nSPS) is 22.6.